The van der Waals surface area contributed by atoms with Gasteiger partial charge in [0.05, 0.1) is 0 Å². The van der Waals surface area contributed by atoms with Crippen molar-refractivity contribution in [3.63, 3.8) is 0 Å². The molecular formula is C21H27BrN2O2. The molecule has 2 amide bonds. The van der Waals surface area contributed by atoms with Crippen LogP contribution in [0.15, 0.2) is 46.9 Å². The van der Waals surface area contributed by atoms with E-state index in [9.17, 15) is 4.79 Å². The zero-order valence-corrected chi connectivity index (χ0v) is 17.4. The molecule has 0 aliphatic heterocycles. The molecule has 0 aromatic heterocycles. The molecule has 2 aromatic carbocycles. The zero-order chi connectivity index (χ0) is 19.2. The third-order valence-corrected chi connectivity index (χ3v) is 4.81. The third-order valence-electron chi connectivity index (χ3n) is 4.04. The van der Waals surface area contributed by atoms with Crippen LogP contribution in [0.2, 0.25) is 0 Å². The van der Waals surface area contributed by atoms with Crippen molar-refractivity contribution in [1.29, 1.82) is 0 Å². The summed E-state index contributed by atoms with van der Waals surface area (Å²) in [4.78, 5) is 11.9. The van der Waals surface area contributed by atoms with Crippen molar-refractivity contribution < 1.29 is 9.53 Å². The molecule has 2 rings (SSSR count). The van der Waals surface area contributed by atoms with E-state index in [4.69, 9.17) is 4.74 Å². The maximum absolute atomic E-state index is 11.9. The van der Waals surface area contributed by atoms with Gasteiger partial charge >= 0.3 is 6.03 Å². The molecule has 4 nitrogen and oxygen atoms in total. The zero-order valence-electron chi connectivity index (χ0n) is 15.9. The monoisotopic (exact) mass is 418 g/mol. The smallest absolute Gasteiger partial charge is 0.317 e. The lowest BCUT2D eigenvalue weighted by Crippen LogP contribution is -2.38. The first-order valence-corrected chi connectivity index (χ1v) is 9.55. The Labute approximate surface area is 164 Å². The van der Waals surface area contributed by atoms with Crippen molar-refractivity contribution in [2.24, 2.45) is 0 Å². The Kier molecular flexibility index (Phi) is 7.09. The largest absolute Gasteiger partial charge is 0.473 e. The number of benzene rings is 2. The first-order chi connectivity index (χ1) is 12.3. The average molecular weight is 419 g/mol. The van der Waals surface area contributed by atoms with Crippen LogP contribution in [0.3, 0.4) is 0 Å². The van der Waals surface area contributed by atoms with Crippen LogP contribution in [-0.2, 0) is 11.8 Å². The number of hydrogen-bond donors (Lipinski definition) is 2. The van der Waals surface area contributed by atoms with Crippen molar-refractivity contribution in [1.82, 2.24) is 10.6 Å². The lowest BCUT2D eigenvalue weighted by molar-refractivity contribution is 0.223. The molecule has 0 unspecified atom stereocenters. The first kappa shape index (κ1) is 20.3. The fourth-order valence-corrected chi connectivity index (χ4v) is 3.09. The molecule has 2 N–H and O–H groups in total. The highest BCUT2D eigenvalue weighted by Gasteiger charge is 2.19. The SMILES string of the molecule is Cc1ccc(OCNC(=O)NCCc2ccccc2Br)c(C(C)(C)C)c1. The number of ether oxygens (including phenoxy) is 1. The number of hydrogen-bond acceptors (Lipinski definition) is 2. The van der Waals surface area contributed by atoms with Crippen molar-refractivity contribution in [2.45, 2.75) is 39.5 Å². The quantitative estimate of drug-likeness (QED) is 0.653. The van der Waals surface area contributed by atoms with Gasteiger partial charge in [0.2, 0.25) is 0 Å². The number of aryl methyl sites for hydroxylation is 1. The predicted octanol–water partition coefficient (Wildman–Crippen LogP) is 4.93. The van der Waals surface area contributed by atoms with Crippen molar-refractivity contribution in [2.75, 3.05) is 13.3 Å². The average Bonchev–Trinajstić information content (AvgIpc) is 2.57. The molecule has 0 bridgehead atoms. The molecule has 0 aliphatic rings. The summed E-state index contributed by atoms with van der Waals surface area (Å²) in [5, 5.41) is 5.59. The molecule has 0 fully saturated rings. The second-order valence-corrected chi connectivity index (χ2v) is 8.17. The molecule has 0 saturated heterocycles. The molecular weight excluding hydrogens is 392 g/mol. The van der Waals surface area contributed by atoms with Gasteiger partial charge in [-0.1, -0.05) is 72.6 Å². The topological polar surface area (TPSA) is 50.4 Å². The van der Waals surface area contributed by atoms with Crippen LogP contribution in [0.4, 0.5) is 4.79 Å². The minimum Gasteiger partial charge on any atom is -0.473 e. The maximum Gasteiger partial charge on any atom is 0.317 e. The molecule has 2 aromatic rings. The summed E-state index contributed by atoms with van der Waals surface area (Å²) in [5.74, 6) is 0.802. The summed E-state index contributed by atoms with van der Waals surface area (Å²) >= 11 is 3.51. The lowest BCUT2D eigenvalue weighted by atomic mass is 9.85. The molecule has 0 heterocycles. The minimum atomic E-state index is -0.235. The second-order valence-electron chi connectivity index (χ2n) is 7.31. The van der Waals surface area contributed by atoms with Gasteiger partial charge in [-0.15, -0.1) is 0 Å². The number of halogens is 1. The molecule has 26 heavy (non-hydrogen) atoms. The highest BCUT2D eigenvalue weighted by molar-refractivity contribution is 9.10. The van der Waals surface area contributed by atoms with Crippen LogP contribution in [0.5, 0.6) is 5.75 Å². The number of nitrogens with one attached hydrogen (secondary N) is 2. The predicted molar refractivity (Wildman–Crippen MR) is 110 cm³/mol. The van der Waals surface area contributed by atoms with Gasteiger partial charge < -0.3 is 15.4 Å². The Bertz CT molecular complexity index is 754. The van der Waals surface area contributed by atoms with Crippen LogP contribution in [-0.4, -0.2) is 19.3 Å². The molecule has 0 atom stereocenters. The molecule has 0 radical (unpaired) electrons. The molecule has 0 aliphatic carbocycles. The third kappa shape index (κ3) is 6.06. The second kappa shape index (κ2) is 9.08. The Morgan fingerprint density at radius 1 is 1.12 bits per heavy atom. The van der Waals surface area contributed by atoms with E-state index in [2.05, 4.69) is 60.3 Å². The standard InChI is InChI=1S/C21H27BrN2O2/c1-15-9-10-19(17(13-15)21(2,3)4)26-14-24-20(25)23-12-11-16-7-5-6-8-18(16)22/h5-10,13H,11-12,14H2,1-4H3,(H2,23,24,25). The number of carbonyl (C=O) groups is 1. The van der Waals surface area contributed by atoms with Crippen molar-refractivity contribution in [3.05, 3.63) is 63.6 Å². The number of rotatable bonds is 6. The fourth-order valence-electron chi connectivity index (χ4n) is 2.61. The summed E-state index contributed by atoms with van der Waals surface area (Å²) in [5.41, 5.74) is 3.47. The summed E-state index contributed by atoms with van der Waals surface area (Å²) < 4.78 is 6.85. The summed E-state index contributed by atoms with van der Waals surface area (Å²) in [6.07, 6.45) is 0.766. The van der Waals surface area contributed by atoms with Crippen LogP contribution < -0.4 is 15.4 Å². The maximum atomic E-state index is 11.9. The van der Waals surface area contributed by atoms with E-state index in [1.807, 2.05) is 36.4 Å². The summed E-state index contributed by atoms with van der Waals surface area (Å²) in [7, 11) is 0. The van der Waals surface area contributed by atoms with Crippen molar-refractivity contribution in [3.8, 4) is 5.75 Å². The normalized spacial score (nSPS) is 11.1. The van der Waals surface area contributed by atoms with Crippen LogP contribution in [0.25, 0.3) is 0 Å². The van der Waals surface area contributed by atoms with Gasteiger partial charge in [0.25, 0.3) is 0 Å². The minimum absolute atomic E-state index is 0.0211. The molecule has 0 spiro atoms. The van der Waals surface area contributed by atoms with Crippen LogP contribution in [0.1, 0.15) is 37.5 Å². The number of amides is 2. The van der Waals surface area contributed by atoms with E-state index in [1.165, 1.54) is 11.1 Å². The fraction of sp³-hybridized carbons (Fsp3) is 0.381. The highest BCUT2D eigenvalue weighted by Crippen LogP contribution is 2.31. The Morgan fingerprint density at radius 3 is 2.54 bits per heavy atom. The van der Waals surface area contributed by atoms with Gasteiger partial charge in [0, 0.05) is 11.0 Å². The van der Waals surface area contributed by atoms with Gasteiger partial charge in [-0.25, -0.2) is 4.79 Å². The summed E-state index contributed by atoms with van der Waals surface area (Å²) in [6, 6.07) is 13.9. The Morgan fingerprint density at radius 2 is 1.85 bits per heavy atom. The van der Waals surface area contributed by atoms with Crippen LogP contribution in [0, 0.1) is 6.92 Å². The Hall–Kier alpha value is -2.01. The summed E-state index contributed by atoms with van der Waals surface area (Å²) in [6.45, 7) is 9.21. The van der Waals surface area contributed by atoms with E-state index in [0.717, 1.165) is 22.2 Å². The van der Waals surface area contributed by atoms with E-state index in [0.29, 0.717) is 6.54 Å². The van der Waals surface area contributed by atoms with Gasteiger partial charge in [0.15, 0.2) is 6.73 Å². The van der Waals surface area contributed by atoms with E-state index in [-0.39, 0.29) is 18.2 Å². The molecule has 5 heteroatoms. The lowest BCUT2D eigenvalue weighted by Gasteiger charge is -2.23. The van der Waals surface area contributed by atoms with E-state index in [1.54, 1.807) is 0 Å². The van der Waals surface area contributed by atoms with Crippen molar-refractivity contribution >= 4 is 22.0 Å². The van der Waals surface area contributed by atoms with Gasteiger partial charge in [0.1, 0.15) is 5.75 Å². The highest BCUT2D eigenvalue weighted by atomic mass is 79.9. The molecule has 140 valence electrons. The van der Waals surface area contributed by atoms with Gasteiger partial charge in [-0.3, -0.25) is 0 Å². The van der Waals surface area contributed by atoms with Crippen LogP contribution >= 0.6 is 15.9 Å². The first-order valence-electron chi connectivity index (χ1n) is 8.76. The van der Waals surface area contributed by atoms with Gasteiger partial charge in [-0.05, 0) is 42.0 Å². The van der Waals surface area contributed by atoms with E-state index >= 15 is 0 Å². The van der Waals surface area contributed by atoms with E-state index < -0.39 is 0 Å². The Balaban J connectivity index is 1.79. The number of carbonyl (C=O) groups excluding carboxylic acids is 1. The molecule has 0 saturated carbocycles. The number of urea groups is 1. The van der Waals surface area contributed by atoms with Gasteiger partial charge in [-0.2, -0.15) is 0 Å².